The van der Waals surface area contributed by atoms with Gasteiger partial charge in [-0.2, -0.15) is 0 Å². The summed E-state index contributed by atoms with van der Waals surface area (Å²) in [6, 6.07) is 20.6. The van der Waals surface area contributed by atoms with Crippen molar-refractivity contribution in [2.45, 2.75) is 19.5 Å². The summed E-state index contributed by atoms with van der Waals surface area (Å²) in [5, 5.41) is 14.9. The summed E-state index contributed by atoms with van der Waals surface area (Å²) in [7, 11) is 0. The van der Waals surface area contributed by atoms with Crippen LogP contribution in [0.4, 0.5) is 5.69 Å². The van der Waals surface area contributed by atoms with Crippen molar-refractivity contribution in [1.82, 2.24) is 9.88 Å². The second-order valence-electron chi connectivity index (χ2n) is 8.48. The number of amides is 2. The predicted molar refractivity (Wildman–Crippen MR) is 143 cm³/mol. The van der Waals surface area contributed by atoms with Crippen LogP contribution in [-0.4, -0.2) is 33.5 Å². The van der Waals surface area contributed by atoms with E-state index in [1.54, 1.807) is 41.8 Å². The molecule has 0 spiro atoms. The molecule has 4 rings (SSSR count). The minimum absolute atomic E-state index is 0.148. The molecule has 1 heterocycles. The molecule has 2 amide bonds. The van der Waals surface area contributed by atoms with Gasteiger partial charge in [0.05, 0.1) is 5.52 Å². The molecule has 4 aromatic rings. The number of nitrogens with one attached hydrogen (secondary N) is 2. The molecule has 186 valence electrons. The number of pyridine rings is 1. The molecule has 0 fully saturated rings. The zero-order valence-corrected chi connectivity index (χ0v) is 20.1. The number of nitrogens with zero attached hydrogens (tertiary/aromatic N) is 1. The van der Waals surface area contributed by atoms with Gasteiger partial charge >= 0.3 is 5.97 Å². The van der Waals surface area contributed by atoms with Gasteiger partial charge in [0, 0.05) is 29.4 Å². The lowest BCUT2D eigenvalue weighted by atomic mass is 10.0. The number of carbonyl (C=O) groups excluding carboxylic acids is 2. The summed E-state index contributed by atoms with van der Waals surface area (Å²) in [6.45, 7) is 5.51. The number of carboxylic acid groups (broad SMARTS) is 1. The Morgan fingerprint density at radius 3 is 2.32 bits per heavy atom. The van der Waals surface area contributed by atoms with Crippen LogP contribution in [0.2, 0.25) is 0 Å². The standard InChI is InChI=1S/C29H25N3O5/c1-3-15-32-17-24(29(36)37)26(33)23-16-22(13-14-25(23)32)31-27(34)18(2)30-28(35)21-11-9-20(10-12-21)19-7-5-4-6-8-19/h3-14,16-18H,1,15H2,2H3,(H,30,35)(H,31,34)(H,36,37)/t18-/m0/s1. The number of fused-ring (bicyclic) bond motifs is 1. The maximum Gasteiger partial charge on any atom is 0.341 e. The lowest BCUT2D eigenvalue weighted by molar-refractivity contribution is -0.117. The Morgan fingerprint density at radius 1 is 1.00 bits per heavy atom. The Kier molecular flexibility index (Phi) is 7.29. The Bertz CT molecular complexity index is 1560. The first-order valence-electron chi connectivity index (χ1n) is 11.6. The summed E-state index contributed by atoms with van der Waals surface area (Å²) in [5.41, 5.74) is 2.19. The van der Waals surface area contributed by atoms with Crippen LogP contribution in [0.15, 0.2) is 96.4 Å². The smallest absolute Gasteiger partial charge is 0.341 e. The maximum atomic E-state index is 12.8. The predicted octanol–water partition coefficient (Wildman–Crippen LogP) is 4.31. The number of aromatic carboxylic acids is 1. The van der Waals surface area contributed by atoms with Crippen molar-refractivity contribution in [2.24, 2.45) is 0 Å². The largest absolute Gasteiger partial charge is 0.477 e. The topological polar surface area (TPSA) is 118 Å². The third kappa shape index (κ3) is 5.48. The lowest BCUT2D eigenvalue weighted by Gasteiger charge is -2.16. The highest BCUT2D eigenvalue weighted by Gasteiger charge is 2.19. The molecule has 0 aliphatic rings. The molecule has 0 saturated carbocycles. The van der Waals surface area contributed by atoms with Crippen LogP contribution in [0, 0.1) is 0 Å². The molecule has 8 nitrogen and oxygen atoms in total. The van der Waals surface area contributed by atoms with Crippen LogP contribution in [0.1, 0.15) is 27.6 Å². The van der Waals surface area contributed by atoms with E-state index in [4.69, 9.17) is 0 Å². The summed E-state index contributed by atoms with van der Waals surface area (Å²) in [4.78, 5) is 49.7. The van der Waals surface area contributed by atoms with Crippen LogP contribution in [0.3, 0.4) is 0 Å². The van der Waals surface area contributed by atoms with Crippen LogP contribution in [0.5, 0.6) is 0 Å². The molecule has 0 bridgehead atoms. The molecule has 0 radical (unpaired) electrons. The summed E-state index contributed by atoms with van der Waals surface area (Å²) in [5.74, 6) is -2.24. The van der Waals surface area contributed by atoms with Crippen LogP contribution >= 0.6 is 0 Å². The van der Waals surface area contributed by atoms with E-state index in [1.807, 2.05) is 42.5 Å². The highest BCUT2D eigenvalue weighted by molar-refractivity contribution is 6.02. The lowest BCUT2D eigenvalue weighted by Crippen LogP contribution is -2.41. The van der Waals surface area contributed by atoms with Crippen LogP contribution in [0.25, 0.3) is 22.0 Å². The highest BCUT2D eigenvalue weighted by atomic mass is 16.4. The second-order valence-corrected chi connectivity index (χ2v) is 8.48. The third-order valence-electron chi connectivity index (χ3n) is 5.90. The molecule has 1 aromatic heterocycles. The van der Waals surface area contributed by atoms with Crippen LogP contribution in [-0.2, 0) is 11.3 Å². The number of benzene rings is 3. The zero-order chi connectivity index (χ0) is 26.5. The average molecular weight is 496 g/mol. The number of hydrogen-bond donors (Lipinski definition) is 3. The monoisotopic (exact) mass is 495 g/mol. The summed E-state index contributed by atoms with van der Waals surface area (Å²) >= 11 is 0. The van der Waals surface area contributed by atoms with Crippen molar-refractivity contribution in [2.75, 3.05) is 5.32 Å². The number of carbonyl (C=O) groups is 3. The number of hydrogen-bond acceptors (Lipinski definition) is 4. The second kappa shape index (κ2) is 10.7. The number of rotatable bonds is 8. The van der Waals surface area contributed by atoms with Gasteiger partial charge in [0.15, 0.2) is 0 Å². The van der Waals surface area contributed by atoms with Gasteiger partial charge in [0.25, 0.3) is 5.91 Å². The van der Waals surface area contributed by atoms with Gasteiger partial charge in [-0.05, 0) is 48.4 Å². The average Bonchev–Trinajstić information content (AvgIpc) is 2.90. The number of carboxylic acids is 1. The Hall–Kier alpha value is -4.98. The van der Waals surface area contributed by atoms with E-state index in [2.05, 4.69) is 17.2 Å². The minimum atomic E-state index is -1.34. The van der Waals surface area contributed by atoms with Crippen molar-refractivity contribution >= 4 is 34.4 Å². The van der Waals surface area contributed by atoms with Gasteiger partial charge in [-0.3, -0.25) is 14.4 Å². The Labute approximate surface area is 212 Å². The van der Waals surface area contributed by atoms with Crippen molar-refractivity contribution in [3.05, 3.63) is 113 Å². The summed E-state index contributed by atoms with van der Waals surface area (Å²) < 4.78 is 1.60. The molecule has 3 aromatic carbocycles. The van der Waals surface area contributed by atoms with Crippen LogP contribution < -0.4 is 16.1 Å². The van der Waals surface area contributed by atoms with E-state index < -0.39 is 29.3 Å². The molecule has 0 unspecified atom stereocenters. The fourth-order valence-corrected chi connectivity index (χ4v) is 3.96. The first-order valence-corrected chi connectivity index (χ1v) is 11.6. The fraction of sp³-hybridized carbons (Fsp3) is 0.103. The maximum absolute atomic E-state index is 12.8. The molecule has 3 N–H and O–H groups in total. The van der Waals surface area contributed by atoms with Crippen molar-refractivity contribution in [3.8, 4) is 11.1 Å². The third-order valence-corrected chi connectivity index (χ3v) is 5.90. The van der Waals surface area contributed by atoms with Gasteiger partial charge in [0.1, 0.15) is 11.6 Å². The Balaban J connectivity index is 1.49. The van der Waals surface area contributed by atoms with Crippen molar-refractivity contribution in [1.29, 1.82) is 0 Å². The van der Waals surface area contributed by atoms with Crippen molar-refractivity contribution in [3.63, 3.8) is 0 Å². The van der Waals surface area contributed by atoms with Gasteiger partial charge in [-0.25, -0.2) is 4.79 Å². The van der Waals surface area contributed by atoms with E-state index >= 15 is 0 Å². The first-order chi connectivity index (χ1) is 17.8. The van der Waals surface area contributed by atoms with Crippen molar-refractivity contribution < 1.29 is 19.5 Å². The molecular weight excluding hydrogens is 470 g/mol. The van der Waals surface area contributed by atoms with E-state index in [-0.39, 0.29) is 10.9 Å². The normalized spacial score (nSPS) is 11.5. The van der Waals surface area contributed by atoms with E-state index in [9.17, 15) is 24.3 Å². The van der Waals surface area contributed by atoms with Gasteiger partial charge in [-0.15, -0.1) is 6.58 Å². The quantitative estimate of drug-likeness (QED) is 0.315. The van der Waals surface area contributed by atoms with Gasteiger partial charge < -0.3 is 20.3 Å². The van der Waals surface area contributed by atoms with Gasteiger partial charge in [0.2, 0.25) is 11.3 Å². The SMILES string of the molecule is C=CCn1cc(C(=O)O)c(=O)c2cc(NC(=O)[C@H](C)NC(=O)c3ccc(-c4ccccc4)cc3)ccc21. The van der Waals surface area contributed by atoms with Gasteiger partial charge in [-0.1, -0.05) is 48.5 Å². The molecule has 1 atom stereocenters. The summed E-state index contributed by atoms with van der Waals surface area (Å²) in [6.07, 6.45) is 2.86. The number of allylic oxidation sites excluding steroid dienone is 1. The molecule has 0 saturated heterocycles. The first kappa shape index (κ1) is 25.1. The highest BCUT2D eigenvalue weighted by Crippen LogP contribution is 2.20. The molecule has 0 aliphatic carbocycles. The minimum Gasteiger partial charge on any atom is -0.477 e. The zero-order valence-electron chi connectivity index (χ0n) is 20.1. The molecule has 37 heavy (non-hydrogen) atoms. The molecular formula is C29H25N3O5. The van der Waals surface area contributed by atoms with E-state index in [0.717, 1.165) is 11.1 Å². The van der Waals surface area contributed by atoms with E-state index in [0.29, 0.717) is 23.3 Å². The fourth-order valence-electron chi connectivity index (χ4n) is 3.96. The van der Waals surface area contributed by atoms with E-state index in [1.165, 1.54) is 12.3 Å². The Morgan fingerprint density at radius 2 is 1.68 bits per heavy atom. The molecule has 8 heteroatoms. The molecule has 0 aliphatic heterocycles. The number of anilines is 1. The number of aromatic nitrogens is 1.